The summed E-state index contributed by atoms with van der Waals surface area (Å²) in [4.78, 5) is 23.8. The Bertz CT molecular complexity index is 531. The van der Waals surface area contributed by atoms with Crippen LogP contribution in [0, 0.1) is 0 Å². The third-order valence-corrected chi connectivity index (χ3v) is 5.15. The Morgan fingerprint density at radius 1 is 1.33 bits per heavy atom. The molecule has 2 rings (SSSR count). The smallest absolute Gasteiger partial charge is 0.305 e. The van der Waals surface area contributed by atoms with Crippen LogP contribution in [0.25, 0.3) is 0 Å². The number of thioether (sulfide) groups is 1. The molecule has 1 aromatic rings. The fourth-order valence-corrected chi connectivity index (χ4v) is 3.60. The highest BCUT2D eigenvalue weighted by atomic mass is 35.5. The number of hydrogen-bond donors (Lipinski definition) is 2. The number of hydrogen-bond acceptors (Lipinski definition) is 3. The van der Waals surface area contributed by atoms with Gasteiger partial charge in [0.25, 0.3) is 0 Å². The van der Waals surface area contributed by atoms with Crippen LogP contribution in [-0.4, -0.2) is 28.3 Å². The molecule has 114 valence electrons. The van der Waals surface area contributed by atoms with Crippen LogP contribution in [0.3, 0.4) is 0 Å². The highest BCUT2D eigenvalue weighted by molar-refractivity contribution is 7.99. The van der Waals surface area contributed by atoms with Crippen molar-refractivity contribution in [3.8, 4) is 0 Å². The summed E-state index contributed by atoms with van der Waals surface area (Å²) in [7, 11) is 0. The summed E-state index contributed by atoms with van der Waals surface area (Å²) in [5, 5.41) is 12.5. The summed E-state index contributed by atoms with van der Waals surface area (Å²) >= 11 is 7.58. The average Bonchev–Trinajstić information content (AvgIpc) is 2.38. The van der Waals surface area contributed by atoms with E-state index >= 15 is 0 Å². The van der Waals surface area contributed by atoms with Gasteiger partial charge in [-0.2, -0.15) is 0 Å². The Morgan fingerprint density at radius 2 is 2.05 bits per heavy atom. The summed E-state index contributed by atoms with van der Waals surface area (Å²) in [5.41, 5.74) is -0.516. The lowest BCUT2D eigenvalue weighted by molar-refractivity contribution is -0.140. The molecule has 0 heterocycles. The third-order valence-electron chi connectivity index (χ3n) is 3.63. The van der Waals surface area contributed by atoms with E-state index in [1.165, 1.54) is 11.8 Å². The van der Waals surface area contributed by atoms with Crippen molar-refractivity contribution in [2.75, 3.05) is 5.75 Å². The van der Waals surface area contributed by atoms with Crippen LogP contribution in [-0.2, 0) is 9.59 Å². The summed E-state index contributed by atoms with van der Waals surface area (Å²) < 4.78 is 0. The molecule has 1 saturated carbocycles. The van der Waals surface area contributed by atoms with Crippen LogP contribution in [0.2, 0.25) is 5.02 Å². The van der Waals surface area contributed by atoms with E-state index in [0.717, 1.165) is 24.2 Å². The monoisotopic (exact) mass is 327 g/mol. The second-order valence-corrected chi connectivity index (χ2v) is 6.83. The van der Waals surface area contributed by atoms with Gasteiger partial charge < -0.3 is 10.4 Å². The van der Waals surface area contributed by atoms with Gasteiger partial charge in [0.15, 0.2) is 0 Å². The summed E-state index contributed by atoms with van der Waals surface area (Å²) in [6.07, 6.45) is 2.85. The predicted molar refractivity (Wildman–Crippen MR) is 83.8 cm³/mol. The minimum absolute atomic E-state index is 0.0103. The molecule has 1 fully saturated rings. The van der Waals surface area contributed by atoms with E-state index in [9.17, 15) is 9.59 Å². The van der Waals surface area contributed by atoms with Gasteiger partial charge in [0.1, 0.15) is 0 Å². The van der Waals surface area contributed by atoms with E-state index in [4.69, 9.17) is 16.7 Å². The Balaban J connectivity index is 1.77. The first-order chi connectivity index (χ1) is 10.0. The van der Waals surface area contributed by atoms with Crippen molar-refractivity contribution in [1.82, 2.24) is 5.32 Å². The minimum atomic E-state index is -0.861. The van der Waals surface area contributed by atoms with E-state index < -0.39 is 11.5 Å². The Kier molecular flexibility index (Phi) is 5.53. The van der Waals surface area contributed by atoms with Crippen molar-refractivity contribution in [2.45, 2.75) is 42.5 Å². The zero-order valence-electron chi connectivity index (χ0n) is 11.6. The first-order valence-electron chi connectivity index (χ1n) is 6.91. The topological polar surface area (TPSA) is 66.4 Å². The lowest BCUT2D eigenvalue weighted by Crippen LogP contribution is -2.54. The van der Waals surface area contributed by atoms with Gasteiger partial charge in [-0.1, -0.05) is 23.7 Å². The van der Waals surface area contributed by atoms with Crippen molar-refractivity contribution >= 4 is 35.2 Å². The maximum absolute atomic E-state index is 12.0. The standard InChI is InChI=1S/C15H18ClNO3S/c16-11-4-1-2-5-12(11)21-9-6-13(18)17-15(7-3-8-15)10-14(19)20/h1-2,4-5H,3,6-10H2,(H,17,18)(H,19,20). The number of carbonyl (C=O) groups excluding carboxylic acids is 1. The lowest BCUT2D eigenvalue weighted by atomic mass is 9.74. The van der Waals surface area contributed by atoms with Gasteiger partial charge in [-0.05, 0) is 31.4 Å². The van der Waals surface area contributed by atoms with Crippen LogP contribution in [0.5, 0.6) is 0 Å². The molecule has 1 aliphatic rings. The zero-order chi connectivity index (χ0) is 15.3. The number of benzene rings is 1. The molecule has 21 heavy (non-hydrogen) atoms. The number of carbonyl (C=O) groups is 2. The molecule has 1 aliphatic carbocycles. The average molecular weight is 328 g/mol. The van der Waals surface area contributed by atoms with E-state index in [1.54, 1.807) is 0 Å². The van der Waals surface area contributed by atoms with Gasteiger partial charge in [0.2, 0.25) is 5.91 Å². The molecule has 0 spiro atoms. The molecule has 2 N–H and O–H groups in total. The highest BCUT2D eigenvalue weighted by Gasteiger charge is 2.40. The second-order valence-electron chi connectivity index (χ2n) is 5.28. The van der Waals surface area contributed by atoms with Crippen molar-refractivity contribution in [1.29, 1.82) is 0 Å². The Morgan fingerprint density at radius 3 is 2.62 bits per heavy atom. The van der Waals surface area contributed by atoms with Crippen LogP contribution in [0.4, 0.5) is 0 Å². The molecule has 1 aromatic carbocycles. The SMILES string of the molecule is O=C(O)CC1(NC(=O)CCSc2ccccc2Cl)CCC1. The van der Waals surface area contributed by atoms with E-state index in [0.29, 0.717) is 17.2 Å². The molecule has 0 saturated heterocycles. The molecular weight excluding hydrogens is 310 g/mol. The van der Waals surface area contributed by atoms with Crippen molar-refractivity contribution in [2.24, 2.45) is 0 Å². The maximum Gasteiger partial charge on any atom is 0.305 e. The first kappa shape index (κ1) is 16.2. The maximum atomic E-state index is 12.0. The number of rotatable bonds is 7. The zero-order valence-corrected chi connectivity index (χ0v) is 13.2. The van der Waals surface area contributed by atoms with Gasteiger partial charge in [-0.15, -0.1) is 11.8 Å². The molecular formula is C15H18ClNO3S. The predicted octanol–water partition coefficient (Wildman–Crippen LogP) is 3.34. The third kappa shape index (κ3) is 4.64. The highest BCUT2D eigenvalue weighted by Crippen LogP contribution is 2.35. The molecule has 0 bridgehead atoms. The number of carboxylic acids is 1. The largest absolute Gasteiger partial charge is 0.481 e. The van der Waals surface area contributed by atoms with Crippen molar-refractivity contribution in [3.05, 3.63) is 29.3 Å². The van der Waals surface area contributed by atoms with Crippen LogP contribution < -0.4 is 5.32 Å². The molecule has 6 heteroatoms. The van der Waals surface area contributed by atoms with Crippen LogP contribution in [0.1, 0.15) is 32.1 Å². The molecule has 4 nitrogen and oxygen atoms in total. The molecule has 0 aromatic heterocycles. The molecule has 1 amide bonds. The summed E-state index contributed by atoms with van der Waals surface area (Å²) in [6, 6.07) is 7.51. The number of aliphatic carboxylic acids is 1. The van der Waals surface area contributed by atoms with Gasteiger partial charge in [0, 0.05) is 17.1 Å². The quantitative estimate of drug-likeness (QED) is 0.754. The molecule has 0 aliphatic heterocycles. The number of halogens is 1. The van der Waals surface area contributed by atoms with E-state index in [-0.39, 0.29) is 12.3 Å². The normalized spacial score (nSPS) is 16.0. The van der Waals surface area contributed by atoms with Crippen molar-refractivity contribution in [3.63, 3.8) is 0 Å². The van der Waals surface area contributed by atoms with E-state index in [2.05, 4.69) is 5.32 Å². The fraction of sp³-hybridized carbons (Fsp3) is 0.467. The summed E-state index contributed by atoms with van der Waals surface area (Å²) in [6.45, 7) is 0. The fourth-order valence-electron chi connectivity index (χ4n) is 2.41. The van der Waals surface area contributed by atoms with Gasteiger partial charge in [0.05, 0.1) is 17.0 Å². The summed E-state index contributed by atoms with van der Waals surface area (Å²) in [5.74, 6) is -0.324. The second kappa shape index (κ2) is 7.18. The number of amides is 1. The van der Waals surface area contributed by atoms with E-state index in [1.807, 2.05) is 24.3 Å². The van der Waals surface area contributed by atoms with Crippen LogP contribution >= 0.6 is 23.4 Å². The minimum Gasteiger partial charge on any atom is -0.481 e. The Hall–Kier alpha value is -1.20. The van der Waals surface area contributed by atoms with Crippen molar-refractivity contribution < 1.29 is 14.7 Å². The number of carboxylic acid groups (broad SMARTS) is 1. The molecule has 0 unspecified atom stereocenters. The first-order valence-corrected chi connectivity index (χ1v) is 8.27. The Labute approximate surface area is 133 Å². The molecule has 0 radical (unpaired) electrons. The van der Waals surface area contributed by atoms with Crippen LogP contribution in [0.15, 0.2) is 29.2 Å². The van der Waals surface area contributed by atoms with Gasteiger partial charge >= 0.3 is 5.97 Å². The van der Waals surface area contributed by atoms with Gasteiger partial charge in [-0.25, -0.2) is 0 Å². The molecule has 0 atom stereocenters. The lowest BCUT2D eigenvalue weighted by Gasteiger charge is -2.41. The van der Waals surface area contributed by atoms with Gasteiger partial charge in [-0.3, -0.25) is 9.59 Å². The number of nitrogens with one attached hydrogen (secondary N) is 1.